The van der Waals surface area contributed by atoms with Crippen LogP contribution in [0.3, 0.4) is 0 Å². The minimum absolute atomic E-state index is 0.255. The van der Waals surface area contributed by atoms with Crippen molar-refractivity contribution < 1.29 is 4.39 Å². The van der Waals surface area contributed by atoms with Gasteiger partial charge in [0.05, 0.1) is 12.0 Å². The summed E-state index contributed by atoms with van der Waals surface area (Å²) in [4.78, 5) is 0. The smallest absolute Gasteiger partial charge is 0.119 e. The second-order valence-corrected chi connectivity index (χ2v) is 11.2. The molecule has 8 bridgehead atoms. The summed E-state index contributed by atoms with van der Waals surface area (Å²) >= 11 is 0. The molecule has 7 saturated carbocycles. The van der Waals surface area contributed by atoms with Crippen LogP contribution in [0.4, 0.5) is 4.39 Å². The van der Waals surface area contributed by atoms with Gasteiger partial charge in [0.25, 0.3) is 0 Å². The minimum atomic E-state index is -0.800. The molecule has 7 fully saturated rings. The van der Waals surface area contributed by atoms with Crippen LogP contribution in [-0.4, -0.2) is 6.17 Å². The average molecular weight is 335 g/mol. The van der Waals surface area contributed by atoms with Crippen molar-refractivity contribution in [1.82, 2.24) is 0 Å². The Morgan fingerprint density at radius 1 is 0.640 bits per heavy atom. The van der Waals surface area contributed by atoms with E-state index in [1.807, 2.05) is 0 Å². The first-order valence-electron chi connectivity index (χ1n) is 11.0. The van der Waals surface area contributed by atoms with E-state index in [1.165, 1.54) is 19.3 Å². The van der Waals surface area contributed by atoms with Crippen molar-refractivity contribution in [3.05, 3.63) is 12.2 Å². The topological polar surface area (TPSA) is 23.8 Å². The van der Waals surface area contributed by atoms with E-state index in [2.05, 4.69) is 18.2 Å². The number of alkyl halides is 1. The zero-order valence-electron chi connectivity index (χ0n) is 14.5. The van der Waals surface area contributed by atoms with Gasteiger partial charge < -0.3 is 0 Å². The number of halogens is 1. The lowest BCUT2D eigenvalue weighted by Crippen LogP contribution is -2.48. The molecule has 0 spiro atoms. The molecule has 16 atom stereocenters. The molecule has 0 aromatic carbocycles. The SMILES string of the molecule is N#CC1C(F)C2CC1C1C3CC(C21)C1C2CC(C4C5C=CC(C5)C24)C31. The van der Waals surface area contributed by atoms with Gasteiger partial charge in [0.2, 0.25) is 0 Å². The van der Waals surface area contributed by atoms with Gasteiger partial charge in [-0.25, -0.2) is 4.39 Å². The third-order valence-corrected chi connectivity index (χ3v) is 11.4. The molecule has 2 heteroatoms. The summed E-state index contributed by atoms with van der Waals surface area (Å²) in [6, 6.07) is 2.39. The van der Waals surface area contributed by atoms with Gasteiger partial charge in [-0.15, -0.1) is 0 Å². The number of hydrogen-bond donors (Lipinski definition) is 0. The molecule has 0 aromatic rings. The monoisotopic (exact) mass is 335 g/mol. The molecule has 8 aliphatic carbocycles. The van der Waals surface area contributed by atoms with Crippen LogP contribution in [0.15, 0.2) is 12.2 Å². The van der Waals surface area contributed by atoms with Crippen LogP contribution in [0.5, 0.6) is 0 Å². The maximum atomic E-state index is 14.9. The Labute approximate surface area is 149 Å². The number of fused-ring (bicyclic) bond motifs is 23. The molecule has 0 heterocycles. The molecule has 8 rings (SSSR count). The predicted molar refractivity (Wildman–Crippen MR) is 90.5 cm³/mol. The first-order valence-corrected chi connectivity index (χ1v) is 11.0. The molecule has 0 radical (unpaired) electrons. The third-order valence-electron chi connectivity index (χ3n) is 11.4. The molecule has 1 nitrogen and oxygen atoms in total. The first kappa shape index (κ1) is 13.3. The largest absolute Gasteiger partial charge is 0.246 e. The fraction of sp³-hybridized carbons (Fsp3) is 0.870. The van der Waals surface area contributed by atoms with Gasteiger partial charge in [0, 0.05) is 0 Å². The van der Waals surface area contributed by atoms with Crippen molar-refractivity contribution in [3.63, 3.8) is 0 Å². The van der Waals surface area contributed by atoms with E-state index in [9.17, 15) is 9.65 Å². The van der Waals surface area contributed by atoms with E-state index in [-0.39, 0.29) is 11.8 Å². The summed E-state index contributed by atoms with van der Waals surface area (Å²) in [5, 5.41) is 9.54. The van der Waals surface area contributed by atoms with Crippen LogP contribution in [0, 0.1) is 100 Å². The number of rotatable bonds is 0. The zero-order valence-corrected chi connectivity index (χ0v) is 14.5. The van der Waals surface area contributed by atoms with Crippen LogP contribution in [-0.2, 0) is 0 Å². The van der Waals surface area contributed by atoms with E-state index in [4.69, 9.17) is 0 Å². The van der Waals surface area contributed by atoms with E-state index < -0.39 is 6.17 Å². The molecule has 0 aliphatic heterocycles. The summed E-state index contributed by atoms with van der Waals surface area (Å²) in [5.74, 6) is 11.3. The van der Waals surface area contributed by atoms with Crippen LogP contribution >= 0.6 is 0 Å². The lowest BCUT2D eigenvalue weighted by atomic mass is 9.54. The second-order valence-electron chi connectivity index (χ2n) is 11.2. The maximum absolute atomic E-state index is 14.9. The van der Waals surface area contributed by atoms with Crippen LogP contribution in [0.2, 0.25) is 0 Å². The van der Waals surface area contributed by atoms with Gasteiger partial charge in [-0.2, -0.15) is 5.26 Å². The first-order chi connectivity index (χ1) is 12.3. The third kappa shape index (κ3) is 1.17. The Balaban J connectivity index is 1.22. The molecule has 0 N–H and O–H groups in total. The Hall–Kier alpha value is -0.840. The van der Waals surface area contributed by atoms with E-state index >= 15 is 0 Å². The van der Waals surface area contributed by atoms with Crippen molar-refractivity contribution in [2.45, 2.75) is 31.9 Å². The van der Waals surface area contributed by atoms with Crippen LogP contribution in [0.1, 0.15) is 25.7 Å². The maximum Gasteiger partial charge on any atom is 0.119 e. The Kier molecular flexibility index (Phi) is 2.07. The van der Waals surface area contributed by atoms with Gasteiger partial charge in [-0.3, -0.25) is 0 Å². The normalized spacial score (nSPS) is 74.6. The number of nitriles is 1. The predicted octanol–water partition coefficient (Wildman–Crippen LogP) is 4.32. The number of nitrogens with zero attached hydrogens (tertiary/aromatic N) is 1. The molecule has 0 amide bonds. The van der Waals surface area contributed by atoms with Crippen molar-refractivity contribution >= 4 is 0 Å². The number of allylic oxidation sites excluding steroid dienone is 2. The van der Waals surface area contributed by atoms with Gasteiger partial charge in [0.15, 0.2) is 0 Å². The highest BCUT2D eigenvalue weighted by Crippen LogP contribution is 2.81. The fourth-order valence-corrected chi connectivity index (χ4v) is 11.6. The van der Waals surface area contributed by atoms with Crippen molar-refractivity contribution in [2.24, 2.45) is 88.8 Å². The number of hydrogen-bond acceptors (Lipinski definition) is 1. The van der Waals surface area contributed by atoms with Crippen molar-refractivity contribution in [2.75, 3.05) is 0 Å². The lowest BCUT2D eigenvalue weighted by Gasteiger charge is -2.50. The summed E-state index contributed by atoms with van der Waals surface area (Å²) in [6.07, 6.45) is 9.76. The average Bonchev–Trinajstić information content (AvgIpc) is 3.45. The molecule has 8 aliphatic rings. The van der Waals surface area contributed by atoms with Gasteiger partial charge in [0.1, 0.15) is 6.17 Å². The quantitative estimate of drug-likeness (QED) is 0.478. The molecule has 130 valence electrons. The molecule has 0 saturated heterocycles. The Bertz CT molecular complexity index is 752. The second kappa shape index (κ2) is 3.88. The summed E-state index contributed by atoms with van der Waals surface area (Å²) in [6.45, 7) is 0. The highest BCUT2D eigenvalue weighted by atomic mass is 19.1. The Morgan fingerprint density at radius 3 is 1.72 bits per heavy atom. The van der Waals surface area contributed by atoms with Crippen molar-refractivity contribution in [3.8, 4) is 6.07 Å². The molecule has 0 aromatic heterocycles. The minimum Gasteiger partial charge on any atom is -0.246 e. The summed E-state index contributed by atoms with van der Waals surface area (Å²) < 4.78 is 14.9. The molecule has 16 unspecified atom stereocenters. The van der Waals surface area contributed by atoms with Gasteiger partial charge in [-0.05, 0) is 109 Å². The van der Waals surface area contributed by atoms with Gasteiger partial charge >= 0.3 is 0 Å². The van der Waals surface area contributed by atoms with Gasteiger partial charge in [-0.1, -0.05) is 12.2 Å². The molecular weight excluding hydrogens is 309 g/mol. The summed E-state index contributed by atoms with van der Waals surface area (Å²) in [7, 11) is 0. The fourth-order valence-electron chi connectivity index (χ4n) is 11.6. The Morgan fingerprint density at radius 2 is 1.12 bits per heavy atom. The van der Waals surface area contributed by atoms with E-state index in [0.717, 1.165) is 71.5 Å². The molecular formula is C23H26FN. The summed E-state index contributed by atoms with van der Waals surface area (Å²) in [5.41, 5.74) is 0. The van der Waals surface area contributed by atoms with Crippen LogP contribution in [0.25, 0.3) is 0 Å². The molecule has 25 heavy (non-hydrogen) atoms. The highest BCUT2D eigenvalue weighted by molar-refractivity contribution is 5.28. The zero-order chi connectivity index (χ0) is 16.2. The van der Waals surface area contributed by atoms with Crippen molar-refractivity contribution in [1.29, 1.82) is 5.26 Å². The standard InChI is InChI=1S/C23H26FN/c24-23-15-4-10(16(23)7-25)19-13-6-14(22(15)19)21-12-5-11(20(13)21)17-8-1-2-9(3-8)18(12)17/h1-2,8-23H,3-6H2. The van der Waals surface area contributed by atoms with E-state index in [0.29, 0.717) is 11.8 Å². The lowest BCUT2D eigenvalue weighted by molar-refractivity contribution is -0.0407. The highest BCUT2D eigenvalue weighted by Gasteiger charge is 2.77. The van der Waals surface area contributed by atoms with E-state index in [1.54, 1.807) is 0 Å². The van der Waals surface area contributed by atoms with Crippen LogP contribution < -0.4 is 0 Å².